The van der Waals surface area contributed by atoms with Crippen molar-refractivity contribution in [2.75, 3.05) is 0 Å². The molecule has 0 bridgehead atoms. The Kier molecular flexibility index (Phi) is 5.12. The molecule has 0 aliphatic carbocycles. The topological polar surface area (TPSA) is 92.4 Å². The fraction of sp³-hybridized carbons (Fsp3) is 0.333. The average Bonchev–Trinajstić information content (AvgIpc) is 2.35. The number of hydrogen-bond donors (Lipinski definition) is 3. The summed E-state index contributed by atoms with van der Waals surface area (Å²) < 4.78 is 0. The zero-order valence-corrected chi connectivity index (χ0v) is 10.6. The van der Waals surface area contributed by atoms with Gasteiger partial charge < -0.3 is 16.2 Å². The van der Waals surface area contributed by atoms with Crippen LogP contribution in [0.1, 0.15) is 24.9 Å². The van der Waals surface area contributed by atoms with Crippen molar-refractivity contribution in [3.05, 3.63) is 34.9 Å². The van der Waals surface area contributed by atoms with Gasteiger partial charge in [0.2, 0.25) is 5.91 Å². The quantitative estimate of drug-likeness (QED) is 0.752. The molecule has 0 aliphatic heterocycles. The third-order valence-electron chi connectivity index (χ3n) is 2.53. The number of carboxylic acids is 1. The van der Waals surface area contributed by atoms with Crippen molar-refractivity contribution in [3.8, 4) is 0 Å². The number of halogens is 1. The van der Waals surface area contributed by atoms with Gasteiger partial charge in [-0.1, -0.05) is 36.7 Å². The molecule has 2 atom stereocenters. The number of rotatable bonds is 5. The highest BCUT2D eigenvalue weighted by atomic mass is 35.5. The van der Waals surface area contributed by atoms with E-state index < -0.39 is 24.0 Å². The number of carbonyl (C=O) groups is 2. The van der Waals surface area contributed by atoms with Crippen LogP contribution in [0.15, 0.2) is 24.3 Å². The Morgan fingerprint density at radius 1 is 1.44 bits per heavy atom. The highest BCUT2D eigenvalue weighted by Gasteiger charge is 2.25. The lowest BCUT2D eigenvalue weighted by atomic mass is 10.1. The Balaban J connectivity index is 2.95. The van der Waals surface area contributed by atoms with E-state index in [-0.39, 0.29) is 5.02 Å². The van der Waals surface area contributed by atoms with Crippen molar-refractivity contribution in [3.63, 3.8) is 0 Å². The van der Waals surface area contributed by atoms with Crippen LogP contribution in [-0.2, 0) is 9.59 Å². The normalized spacial score (nSPS) is 13.7. The first-order chi connectivity index (χ1) is 8.47. The molecule has 1 amide bonds. The van der Waals surface area contributed by atoms with Crippen LogP contribution in [0.25, 0.3) is 0 Å². The molecule has 0 saturated carbocycles. The maximum Gasteiger partial charge on any atom is 0.330 e. The number of hydrogen-bond acceptors (Lipinski definition) is 3. The second kappa shape index (κ2) is 6.37. The first-order valence-corrected chi connectivity index (χ1v) is 5.88. The maximum atomic E-state index is 11.6. The molecule has 1 aromatic rings. The molecule has 0 fully saturated rings. The Morgan fingerprint density at radius 2 is 2.06 bits per heavy atom. The molecule has 1 rings (SSSR count). The molecule has 4 N–H and O–H groups in total. The van der Waals surface area contributed by atoms with Gasteiger partial charge in [0.25, 0.3) is 0 Å². The van der Waals surface area contributed by atoms with Gasteiger partial charge in [0.05, 0.1) is 6.04 Å². The maximum absolute atomic E-state index is 11.6. The lowest BCUT2D eigenvalue weighted by molar-refractivity contribution is -0.142. The van der Waals surface area contributed by atoms with E-state index in [1.54, 1.807) is 31.2 Å². The van der Waals surface area contributed by atoms with Crippen LogP contribution in [0.3, 0.4) is 0 Å². The molecule has 0 unspecified atom stereocenters. The molecule has 0 radical (unpaired) electrons. The van der Waals surface area contributed by atoms with Crippen molar-refractivity contribution >= 4 is 23.5 Å². The van der Waals surface area contributed by atoms with Crippen molar-refractivity contribution in [1.82, 2.24) is 5.32 Å². The SMILES string of the molecule is CC[C@@H](N)C(=O)N[C@@H](C(=O)O)c1ccccc1Cl. The third-order valence-corrected chi connectivity index (χ3v) is 2.87. The summed E-state index contributed by atoms with van der Waals surface area (Å²) in [6, 6.07) is 4.54. The smallest absolute Gasteiger partial charge is 0.330 e. The summed E-state index contributed by atoms with van der Waals surface area (Å²) in [5, 5.41) is 11.8. The fourth-order valence-electron chi connectivity index (χ4n) is 1.42. The highest BCUT2D eigenvalue weighted by Crippen LogP contribution is 2.22. The summed E-state index contributed by atoms with van der Waals surface area (Å²) in [5.41, 5.74) is 5.88. The van der Waals surface area contributed by atoms with E-state index in [0.29, 0.717) is 12.0 Å². The second-order valence-corrected chi connectivity index (χ2v) is 4.22. The molecular formula is C12H15ClN2O3. The summed E-state index contributed by atoms with van der Waals surface area (Å²) in [6.45, 7) is 1.75. The van der Waals surface area contributed by atoms with Crippen LogP contribution in [0.2, 0.25) is 5.02 Å². The van der Waals surface area contributed by atoms with Gasteiger partial charge in [-0.2, -0.15) is 0 Å². The van der Waals surface area contributed by atoms with Gasteiger partial charge in [0, 0.05) is 10.6 Å². The molecule has 18 heavy (non-hydrogen) atoms. The fourth-order valence-corrected chi connectivity index (χ4v) is 1.66. The number of benzene rings is 1. The number of carboxylic acid groups (broad SMARTS) is 1. The van der Waals surface area contributed by atoms with E-state index in [0.717, 1.165) is 0 Å². The number of nitrogens with two attached hydrogens (primary N) is 1. The van der Waals surface area contributed by atoms with Crippen molar-refractivity contribution in [2.24, 2.45) is 5.73 Å². The Bertz CT molecular complexity index is 451. The van der Waals surface area contributed by atoms with Gasteiger partial charge >= 0.3 is 5.97 Å². The summed E-state index contributed by atoms with van der Waals surface area (Å²) >= 11 is 5.91. The predicted octanol–water partition coefficient (Wildman–Crippen LogP) is 1.32. The number of amides is 1. The van der Waals surface area contributed by atoms with E-state index in [1.807, 2.05) is 0 Å². The van der Waals surface area contributed by atoms with E-state index in [1.165, 1.54) is 0 Å². The standard InChI is InChI=1S/C12H15ClN2O3/c1-2-9(14)11(16)15-10(12(17)18)7-5-3-4-6-8(7)13/h3-6,9-10H,2,14H2,1H3,(H,15,16)(H,17,18)/t9-,10-/m1/s1. The van der Waals surface area contributed by atoms with Gasteiger partial charge in [0.1, 0.15) is 0 Å². The van der Waals surface area contributed by atoms with Gasteiger partial charge in [0.15, 0.2) is 6.04 Å². The van der Waals surface area contributed by atoms with Gasteiger partial charge in [-0.05, 0) is 12.5 Å². The minimum Gasteiger partial charge on any atom is -0.479 e. The Morgan fingerprint density at radius 3 is 2.56 bits per heavy atom. The largest absolute Gasteiger partial charge is 0.479 e. The summed E-state index contributed by atoms with van der Waals surface area (Å²) in [5.74, 6) is -1.69. The molecular weight excluding hydrogens is 256 g/mol. The van der Waals surface area contributed by atoms with Crippen molar-refractivity contribution in [2.45, 2.75) is 25.4 Å². The molecule has 0 aromatic heterocycles. The van der Waals surface area contributed by atoms with E-state index in [2.05, 4.69) is 5.32 Å². The van der Waals surface area contributed by atoms with Gasteiger partial charge in [-0.15, -0.1) is 0 Å². The van der Waals surface area contributed by atoms with E-state index in [4.69, 9.17) is 22.4 Å². The third kappa shape index (κ3) is 3.45. The predicted molar refractivity (Wildman–Crippen MR) is 68.2 cm³/mol. The summed E-state index contributed by atoms with van der Waals surface area (Å²) in [6.07, 6.45) is 0.431. The molecule has 98 valence electrons. The first kappa shape index (κ1) is 14.5. The molecule has 1 aromatic carbocycles. The van der Waals surface area contributed by atoms with Crippen LogP contribution < -0.4 is 11.1 Å². The van der Waals surface area contributed by atoms with Crippen LogP contribution >= 0.6 is 11.6 Å². The lowest BCUT2D eigenvalue weighted by Crippen LogP contribution is -2.44. The average molecular weight is 271 g/mol. The van der Waals surface area contributed by atoms with E-state index in [9.17, 15) is 9.59 Å². The highest BCUT2D eigenvalue weighted by molar-refractivity contribution is 6.31. The number of nitrogens with one attached hydrogen (secondary N) is 1. The van der Waals surface area contributed by atoms with Gasteiger partial charge in [-0.25, -0.2) is 4.79 Å². The minimum atomic E-state index is -1.19. The summed E-state index contributed by atoms with van der Waals surface area (Å²) in [4.78, 5) is 22.8. The Hall–Kier alpha value is -1.59. The zero-order chi connectivity index (χ0) is 13.7. The summed E-state index contributed by atoms with van der Waals surface area (Å²) in [7, 11) is 0. The minimum absolute atomic E-state index is 0.287. The zero-order valence-electron chi connectivity index (χ0n) is 9.89. The first-order valence-electron chi connectivity index (χ1n) is 5.50. The van der Waals surface area contributed by atoms with Crippen LogP contribution in [0.4, 0.5) is 0 Å². The molecule has 6 heteroatoms. The molecule has 0 spiro atoms. The Labute approximate surface area is 110 Å². The molecule has 0 aliphatic rings. The number of aliphatic carboxylic acids is 1. The molecule has 0 heterocycles. The monoisotopic (exact) mass is 270 g/mol. The van der Waals surface area contributed by atoms with Crippen LogP contribution in [-0.4, -0.2) is 23.0 Å². The van der Waals surface area contributed by atoms with Crippen molar-refractivity contribution < 1.29 is 14.7 Å². The molecule has 5 nitrogen and oxygen atoms in total. The molecule has 0 saturated heterocycles. The van der Waals surface area contributed by atoms with Crippen LogP contribution in [0.5, 0.6) is 0 Å². The number of carbonyl (C=O) groups excluding carboxylic acids is 1. The second-order valence-electron chi connectivity index (χ2n) is 3.82. The van der Waals surface area contributed by atoms with E-state index >= 15 is 0 Å². The van der Waals surface area contributed by atoms with Gasteiger partial charge in [-0.3, -0.25) is 4.79 Å². The van der Waals surface area contributed by atoms with Crippen molar-refractivity contribution in [1.29, 1.82) is 0 Å². The van der Waals surface area contributed by atoms with Crippen LogP contribution in [0, 0.1) is 0 Å². The lowest BCUT2D eigenvalue weighted by Gasteiger charge is -2.18.